The number of benzene rings is 1. The highest BCUT2D eigenvalue weighted by atomic mass is 15.1. The van der Waals surface area contributed by atoms with Gasteiger partial charge < -0.3 is 14.5 Å². The van der Waals surface area contributed by atoms with Crippen LogP contribution in [0.4, 0.5) is 5.82 Å². The highest BCUT2D eigenvalue weighted by Crippen LogP contribution is 2.18. The van der Waals surface area contributed by atoms with Gasteiger partial charge in [0, 0.05) is 38.1 Å². The summed E-state index contributed by atoms with van der Waals surface area (Å²) in [7, 11) is 1.93. The summed E-state index contributed by atoms with van der Waals surface area (Å²) in [6.07, 6.45) is 8.13. The lowest BCUT2D eigenvalue weighted by atomic mass is 10.2. The SMILES string of the molecule is Cn1cnc2c(NCCCn3ccnc3-c3ccccc3)ncnc21. The average Bonchev–Trinajstić information content (AvgIpc) is 3.27. The standard InChI is InChI=1S/C18H19N7/c1-24-13-23-15-16(21-12-22-18(15)24)19-8-5-10-25-11-9-20-17(25)14-6-3-2-4-7-14/h2-4,6-7,9,11-13H,5,8,10H2,1H3,(H,19,21,22). The van der Waals surface area contributed by atoms with E-state index in [0.717, 1.165) is 47.9 Å². The molecule has 0 saturated heterocycles. The normalized spacial score (nSPS) is 11.1. The fourth-order valence-corrected chi connectivity index (χ4v) is 2.87. The van der Waals surface area contributed by atoms with Gasteiger partial charge in [0.1, 0.15) is 17.7 Å². The number of aromatic nitrogens is 6. The van der Waals surface area contributed by atoms with Gasteiger partial charge in [0.15, 0.2) is 11.5 Å². The van der Waals surface area contributed by atoms with Crippen LogP contribution in [0.5, 0.6) is 0 Å². The molecule has 4 aromatic rings. The molecule has 0 radical (unpaired) electrons. The fraction of sp³-hybridized carbons (Fsp3) is 0.222. The highest BCUT2D eigenvalue weighted by Gasteiger charge is 2.08. The maximum atomic E-state index is 4.48. The third-order valence-electron chi connectivity index (χ3n) is 4.11. The number of nitrogens with one attached hydrogen (secondary N) is 1. The highest BCUT2D eigenvalue weighted by molar-refractivity contribution is 5.82. The Morgan fingerprint density at radius 2 is 1.92 bits per heavy atom. The Kier molecular flexibility index (Phi) is 4.12. The first-order chi connectivity index (χ1) is 12.3. The number of aryl methyl sites for hydroxylation is 2. The van der Waals surface area contributed by atoms with Crippen LogP contribution in [0.3, 0.4) is 0 Å². The number of hydrogen-bond donors (Lipinski definition) is 1. The van der Waals surface area contributed by atoms with Crippen LogP contribution in [0.1, 0.15) is 6.42 Å². The van der Waals surface area contributed by atoms with E-state index in [0.29, 0.717) is 0 Å². The van der Waals surface area contributed by atoms with E-state index in [1.165, 1.54) is 0 Å². The topological polar surface area (TPSA) is 73.5 Å². The first kappa shape index (κ1) is 15.3. The molecule has 7 nitrogen and oxygen atoms in total. The van der Waals surface area contributed by atoms with Crippen molar-refractivity contribution >= 4 is 17.0 Å². The van der Waals surface area contributed by atoms with E-state index in [4.69, 9.17) is 0 Å². The molecule has 0 aliphatic carbocycles. The van der Waals surface area contributed by atoms with Crippen LogP contribution < -0.4 is 5.32 Å². The van der Waals surface area contributed by atoms with E-state index in [2.05, 4.69) is 42.0 Å². The minimum atomic E-state index is 0.777. The molecule has 0 fully saturated rings. The molecule has 0 spiro atoms. The second kappa shape index (κ2) is 6.72. The summed E-state index contributed by atoms with van der Waals surface area (Å²) >= 11 is 0. The second-order valence-electron chi connectivity index (χ2n) is 5.84. The minimum absolute atomic E-state index is 0.777. The quantitative estimate of drug-likeness (QED) is 0.549. The molecule has 0 atom stereocenters. The van der Waals surface area contributed by atoms with Crippen molar-refractivity contribution in [1.82, 2.24) is 29.1 Å². The Morgan fingerprint density at radius 3 is 2.80 bits per heavy atom. The molecule has 0 amide bonds. The van der Waals surface area contributed by atoms with Crippen LogP contribution in [-0.2, 0) is 13.6 Å². The number of nitrogens with zero attached hydrogens (tertiary/aromatic N) is 6. The average molecular weight is 333 g/mol. The summed E-state index contributed by atoms with van der Waals surface area (Å²) in [5, 5.41) is 3.36. The van der Waals surface area contributed by atoms with Crippen LogP contribution in [0.25, 0.3) is 22.6 Å². The summed E-state index contributed by atoms with van der Waals surface area (Å²) in [6.45, 7) is 1.68. The molecule has 3 aromatic heterocycles. The molecule has 7 heteroatoms. The van der Waals surface area contributed by atoms with Crippen molar-refractivity contribution in [3.8, 4) is 11.4 Å². The Bertz CT molecular complexity index is 971. The summed E-state index contributed by atoms with van der Waals surface area (Å²) in [4.78, 5) is 17.4. The smallest absolute Gasteiger partial charge is 0.165 e. The van der Waals surface area contributed by atoms with Gasteiger partial charge in [-0.1, -0.05) is 30.3 Å². The molecule has 0 bridgehead atoms. The first-order valence-corrected chi connectivity index (χ1v) is 8.25. The van der Waals surface area contributed by atoms with E-state index in [1.54, 1.807) is 12.7 Å². The van der Waals surface area contributed by atoms with Crippen LogP contribution in [0.15, 0.2) is 55.4 Å². The predicted molar refractivity (Wildman–Crippen MR) is 97.1 cm³/mol. The van der Waals surface area contributed by atoms with Gasteiger partial charge in [0.25, 0.3) is 0 Å². The minimum Gasteiger partial charge on any atom is -0.368 e. The molecule has 126 valence electrons. The van der Waals surface area contributed by atoms with E-state index < -0.39 is 0 Å². The van der Waals surface area contributed by atoms with Gasteiger partial charge in [-0.15, -0.1) is 0 Å². The van der Waals surface area contributed by atoms with Crippen LogP contribution in [0, 0.1) is 0 Å². The summed E-state index contributed by atoms with van der Waals surface area (Å²) < 4.78 is 4.06. The second-order valence-corrected chi connectivity index (χ2v) is 5.84. The first-order valence-electron chi connectivity index (χ1n) is 8.25. The Balaban J connectivity index is 1.40. The van der Waals surface area contributed by atoms with Gasteiger partial charge in [0.2, 0.25) is 0 Å². The molecule has 4 rings (SSSR count). The maximum Gasteiger partial charge on any atom is 0.165 e. The van der Waals surface area contributed by atoms with Gasteiger partial charge in [-0.25, -0.2) is 19.9 Å². The molecule has 1 N–H and O–H groups in total. The zero-order valence-corrected chi connectivity index (χ0v) is 14.0. The third kappa shape index (κ3) is 3.08. The van der Waals surface area contributed by atoms with Crippen LogP contribution in [0.2, 0.25) is 0 Å². The van der Waals surface area contributed by atoms with Gasteiger partial charge >= 0.3 is 0 Å². The van der Waals surface area contributed by atoms with E-state index in [-0.39, 0.29) is 0 Å². The zero-order chi connectivity index (χ0) is 17.1. The van der Waals surface area contributed by atoms with Crippen molar-refractivity contribution in [2.24, 2.45) is 7.05 Å². The monoisotopic (exact) mass is 333 g/mol. The van der Waals surface area contributed by atoms with Gasteiger partial charge in [-0.05, 0) is 6.42 Å². The van der Waals surface area contributed by atoms with E-state index in [1.807, 2.05) is 42.2 Å². The molecular formula is C18H19N7. The molecule has 0 saturated carbocycles. The van der Waals surface area contributed by atoms with Crippen molar-refractivity contribution < 1.29 is 0 Å². The van der Waals surface area contributed by atoms with Gasteiger partial charge in [-0.2, -0.15) is 0 Å². The maximum absolute atomic E-state index is 4.48. The number of imidazole rings is 2. The molecule has 3 heterocycles. The predicted octanol–water partition coefficient (Wildman–Crippen LogP) is 2.73. The molecule has 1 aromatic carbocycles. The van der Waals surface area contributed by atoms with Crippen molar-refractivity contribution in [2.45, 2.75) is 13.0 Å². The van der Waals surface area contributed by atoms with Gasteiger partial charge in [-0.3, -0.25) is 0 Å². The van der Waals surface area contributed by atoms with Crippen molar-refractivity contribution in [3.05, 3.63) is 55.4 Å². The Labute approximate surface area is 145 Å². The summed E-state index contributed by atoms with van der Waals surface area (Å²) in [5.41, 5.74) is 2.77. The number of anilines is 1. The molecule has 0 aliphatic heterocycles. The lowest BCUT2D eigenvalue weighted by Gasteiger charge is -2.09. The van der Waals surface area contributed by atoms with Crippen molar-refractivity contribution in [1.29, 1.82) is 0 Å². The van der Waals surface area contributed by atoms with E-state index in [9.17, 15) is 0 Å². The molecule has 0 unspecified atom stereocenters. The number of rotatable bonds is 6. The number of fused-ring (bicyclic) bond motifs is 1. The third-order valence-corrected chi connectivity index (χ3v) is 4.11. The zero-order valence-electron chi connectivity index (χ0n) is 14.0. The Morgan fingerprint density at radius 1 is 1.04 bits per heavy atom. The molecule has 0 aliphatic rings. The lowest BCUT2D eigenvalue weighted by molar-refractivity contribution is 0.666. The summed E-state index contributed by atoms with van der Waals surface area (Å²) in [5.74, 6) is 1.77. The van der Waals surface area contributed by atoms with E-state index >= 15 is 0 Å². The lowest BCUT2D eigenvalue weighted by Crippen LogP contribution is -2.09. The van der Waals surface area contributed by atoms with Crippen molar-refractivity contribution in [3.63, 3.8) is 0 Å². The van der Waals surface area contributed by atoms with Crippen LogP contribution >= 0.6 is 0 Å². The van der Waals surface area contributed by atoms with Crippen LogP contribution in [-0.4, -0.2) is 35.6 Å². The fourth-order valence-electron chi connectivity index (χ4n) is 2.87. The molecular weight excluding hydrogens is 314 g/mol. The Hall–Kier alpha value is -3.22. The number of hydrogen-bond acceptors (Lipinski definition) is 5. The van der Waals surface area contributed by atoms with Crippen molar-refractivity contribution in [2.75, 3.05) is 11.9 Å². The van der Waals surface area contributed by atoms with Gasteiger partial charge in [0.05, 0.1) is 6.33 Å². The molecule has 25 heavy (non-hydrogen) atoms. The summed E-state index contributed by atoms with van der Waals surface area (Å²) in [6, 6.07) is 10.2. The largest absolute Gasteiger partial charge is 0.368 e.